The molecule has 2 aromatic rings. The summed E-state index contributed by atoms with van der Waals surface area (Å²) in [5, 5.41) is 13.1. The first-order valence-corrected chi connectivity index (χ1v) is 6.89. The molecule has 2 heterocycles. The van der Waals surface area contributed by atoms with E-state index in [1.807, 2.05) is 19.2 Å². The van der Waals surface area contributed by atoms with Gasteiger partial charge in [-0.25, -0.2) is 10.9 Å². The highest BCUT2D eigenvalue weighted by atomic mass is 16.5. The van der Waals surface area contributed by atoms with Crippen molar-refractivity contribution >= 4 is 5.97 Å². The fraction of sp³-hybridized carbons (Fsp3) is 0.200. The monoisotopic (exact) mass is 313 g/mol. The Bertz CT molecular complexity index is 777. The van der Waals surface area contributed by atoms with Crippen LogP contribution in [0.1, 0.15) is 11.3 Å². The molecule has 0 bridgehead atoms. The van der Waals surface area contributed by atoms with Crippen molar-refractivity contribution in [2.45, 2.75) is 12.3 Å². The second-order valence-electron chi connectivity index (χ2n) is 4.89. The lowest BCUT2D eigenvalue weighted by molar-refractivity contribution is -0.141. The minimum Gasteiger partial charge on any atom is -0.480 e. The first-order chi connectivity index (χ1) is 11.1. The number of carboxylic acid groups (broad SMARTS) is 1. The number of aromatic nitrogens is 2. The maximum absolute atomic E-state index is 11.1. The van der Waals surface area contributed by atoms with Crippen molar-refractivity contribution in [1.29, 1.82) is 0 Å². The molecule has 8 nitrogen and oxygen atoms in total. The molecular weight excluding hydrogens is 298 g/mol. The smallest absolute Gasteiger partial charge is 0.327 e. The van der Waals surface area contributed by atoms with Gasteiger partial charge in [-0.3, -0.25) is 9.48 Å². The molecule has 1 aliphatic rings. The van der Waals surface area contributed by atoms with Crippen molar-refractivity contribution in [2.75, 3.05) is 0 Å². The van der Waals surface area contributed by atoms with E-state index in [0.29, 0.717) is 5.75 Å². The van der Waals surface area contributed by atoms with E-state index in [1.54, 1.807) is 29.1 Å². The molecular formula is C15H15N5O3. The number of carboxylic acids is 1. The summed E-state index contributed by atoms with van der Waals surface area (Å²) >= 11 is 0. The van der Waals surface area contributed by atoms with Gasteiger partial charge in [0.15, 0.2) is 12.3 Å². The van der Waals surface area contributed by atoms with Crippen molar-refractivity contribution < 1.29 is 14.6 Å². The number of hydrogen-bond acceptors (Lipinski definition) is 6. The lowest BCUT2D eigenvalue weighted by Gasteiger charge is -2.16. The highest BCUT2D eigenvalue weighted by molar-refractivity contribution is 5.74. The Balaban J connectivity index is 1.74. The maximum atomic E-state index is 11.1. The third kappa shape index (κ3) is 3.49. The number of hydrazine groups is 2. The Morgan fingerprint density at radius 2 is 2.22 bits per heavy atom. The van der Waals surface area contributed by atoms with Gasteiger partial charge in [0, 0.05) is 12.6 Å². The Kier molecular flexibility index (Phi) is 4.25. The molecule has 3 rings (SSSR count). The molecule has 0 spiro atoms. The molecule has 8 heteroatoms. The highest BCUT2D eigenvalue weighted by Crippen LogP contribution is 2.15. The number of ether oxygens (including phenoxy) is 1. The topological polar surface area (TPSA) is 100 Å². The Morgan fingerprint density at radius 3 is 2.96 bits per heavy atom. The van der Waals surface area contributed by atoms with Crippen molar-refractivity contribution in [3.8, 4) is 17.6 Å². The van der Waals surface area contributed by atoms with Gasteiger partial charge >= 0.3 is 5.97 Å². The van der Waals surface area contributed by atoms with E-state index < -0.39 is 18.2 Å². The Morgan fingerprint density at radius 1 is 1.35 bits per heavy atom. The minimum atomic E-state index is -1.01. The van der Waals surface area contributed by atoms with Crippen LogP contribution in [-0.2, 0) is 11.8 Å². The van der Waals surface area contributed by atoms with E-state index in [4.69, 9.17) is 9.84 Å². The number of hydrogen-bond donors (Lipinski definition) is 4. The summed E-state index contributed by atoms with van der Waals surface area (Å²) in [4.78, 5) is 11.1. The van der Waals surface area contributed by atoms with Crippen molar-refractivity contribution in [2.24, 2.45) is 7.05 Å². The number of aryl methyl sites for hydroxylation is 1. The number of rotatable bonds is 3. The van der Waals surface area contributed by atoms with Crippen LogP contribution in [0.15, 0.2) is 36.5 Å². The molecule has 0 radical (unpaired) electrons. The normalized spacial score (nSPS) is 19.9. The largest absolute Gasteiger partial charge is 0.480 e. The van der Waals surface area contributed by atoms with Gasteiger partial charge in [0.2, 0.25) is 0 Å². The molecule has 1 aliphatic heterocycles. The zero-order valence-corrected chi connectivity index (χ0v) is 12.3. The predicted octanol–water partition coefficient (Wildman–Crippen LogP) is -0.410. The van der Waals surface area contributed by atoms with Crippen LogP contribution in [0, 0.1) is 11.8 Å². The van der Waals surface area contributed by atoms with Gasteiger partial charge in [-0.15, -0.1) is 0 Å². The van der Waals surface area contributed by atoms with E-state index in [2.05, 4.69) is 33.3 Å². The summed E-state index contributed by atoms with van der Waals surface area (Å²) in [5.74, 6) is 5.56. The summed E-state index contributed by atoms with van der Waals surface area (Å²) in [7, 11) is 1.82. The van der Waals surface area contributed by atoms with Gasteiger partial charge in [-0.2, -0.15) is 10.6 Å². The maximum Gasteiger partial charge on any atom is 0.327 e. The van der Waals surface area contributed by atoms with E-state index in [1.165, 1.54) is 0 Å². The van der Waals surface area contributed by atoms with Crippen molar-refractivity contribution in [3.05, 3.63) is 47.8 Å². The molecule has 4 N–H and O–H groups in total. The van der Waals surface area contributed by atoms with Crippen LogP contribution in [0.25, 0.3) is 0 Å². The molecule has 1 saturated heterocycles. The molecule has 0 amide bonds. The van der Waals surface area contributed by atoms with Crippen LogP contribution in [0.4, 0.5) is 0 Å². The summed E-state index contributed by atoms with van der Waals surface area (Å²) in [6, 6.07) is 8.08. The van der Waals surface area contributed by atoms with Crippen LogP contribution in [0.2, 0.25) is 0 Å². The minimum absolute atomic E-state index is 0.524. The lowest BCUT2D eigenvalue weighted by atomic mass is 10.2. The summed E-state index contributed by atoms with van der Waals surface area (Å²) < 4.78 is 7.33. The summed E-state index contributed by atoms with van der Waals surface area (Å²) in [5.41, 5.74) is 9.38. The summed E-state index contributed by atoms with van der Waals surface area (Å²) in [6.07, 6.45) is 0.953. The van der Waals surface area contributed by atoms with Crippen molar-refractivity contribution in [3.63, 3.8) is 0 Å². The van der Waals surface area contributed by atoms with Crippen LogP contribution in [-0.4, -0.2) is 33.1 Å². The lowest BCUT2D eigenvalue weighted by Crippen LogP contribution is -2.44. The number of nitrogens with one attached hydrogen (secondary N) is 3. The average molecular weight is 313 g/mol. The van der Waals surface area contributed by atoms with E-state index in [9.17, 15) is 4.79 Å². The molecule has 2 unspecified atom stereocenters. The number of aliphatic carboxylic acids is 1. The van der Waals surface area contributed by atoms with Crippen LogP contribution >= 0.6 is 0 Å². The summed E-state index contributed by atoms with van der Waals surface area (Å²) in [6.45, 7) is 0. The highest BCUT2D eigenvalue weighted by Gasteiger charge is 2.34. The standard InChI is InChI=1S/C15H15N5O3/c1-20-11(7-8-16-20)6-5-10-3-2-4-12(9-10)23-14-13(15(21)22)17-19-18-14/h2-4,7-9,13-14,17-19H,1H3,(H,21,22). The third-order valence-electron chi connectivity index (χ3n) is 3.26. The van der Waals surface area contributed by atoms with E-state index in [-0.39, 0.29) is 0 Å². The SMILES string of the molecule is Cn1nccc1C#Cc1cccc(OC2NNNC2C(=O)O)c1. The number of carbonyl (C=O) groups is 1. The fourth-order valence-corrected chi connectivity index (χ4v) is 2.06. The van der Waals surface area contributed by atoms with Crippen LogP contribution in [0.3, 0.4) is 0 Å². The van der Waals surface area contributed by atoms with Gasteiger partial charge in [-0.1, -0.05) is 12.0 Å². The second kappa shape index (κ2) is 6.50. The van der Waals surface area contributed by atoms with Gasteiger partial charge in [0.25, 0.3) is 0 Å². The molecule has 0 saturated carbocycles. The molecule has 2 atom stereocenters. The molecule has 1 aromatic carbocycles. The van der Waals surface area contributed by atoms with E-state index in [0.717, 1.165) is 11.3 Å². The molecule has 1 fully saturated rings. The van der Waals surface area contributed by atoms with E-state index >= 15 is 0 Å². The Hall–Kier alpha value is -2.86. The van der Waals surface area contributed by atoms with Crippen LogP contribution < -0.4 is 21.1 Å². The molecule has 0 aliphatic carbocycles. The Labute approximate surface area is 132 Å². The first-order valence-electron chi connectivity index (χ1n) is 6.89. The zero-order chi connectivity index (χ0) is 16.2. The van der Waals surface area contributed by atoms with Gasteiger partial charge in [0.1, 0.15) is 11.4 Å². The fourth-order valence-electron chi connectivity index (χ4n) is 2.06. The number of benzene rings is 1. The molecule has 1 aromatic heterocycles. The first kappa shape index (κ1) is 15.1. The molecule has 118 valence electrons. The quantitative estimate of drug-likeness (QED) is 0.572. The van der Waals surface area contributed by atoms with Crippen LogP contribution in [0.5, 0.6) is 5.75 Å². The average Bonchev–Trinajstić information content (AvgIpc) is 3.14. The third-order valence-corrected chi connectivity index (χ3v) is 3.26. The number of nitrogens with zero attached hydrogens (tertiary/aromatic N) is 2. The van der Waals surface area contributed by atoms with Gasteiger partial charge in [0.05, 0.1) is 6.20 Å². The van der Waals surface area contributed by atoms with Gasteiger partial charge < -0.3 is 9.84 Å². The zero-order valence-electron chi connectivity index (χ0n) is 12.3. The second-order valence-corrected chi connectivity index (χ2v) is 4.89. The van der Waals surface area contributed by atoms with Crippen molar-refractivity contribution in [1.82, 2.24) is 26.2 Å². The molecule has 23 heavy (non-hydrogen) atoms. The predicted molar refractivity (Wildman–Crippen MR) is 80.9 cm³/mol. The van der Waals surface area contributed by atoms with Gasteiger partial charge in [-0.05, 0) is 30.2 Å².